The number of fused-ring (bicyclic) bond motifs is 2. The standard InChI is InChI=1S/C14H12N6O2/c21-13-9-3-5-20(6-4-10(9)15-18-13)14(22)8-1-2-11-12(7-8)17-19-16-11/h1-3,7H,4-6H2,(H,18,21)(H,16,17,19). The third-order valence-electron chi connectivity index (χ3n) is 3.83. The highest BCUT2D eigenvalue weighted by Crippen LogP contribution is 2.17. The van der Waals surface area contributed by atoms with E-state index in [2.05, 4.69) is 25.9 Å². The Bertz CT molecular complexity index is 850. The average Bonchev–Trinajstić information content (AvgIpc) is 3.07. The maximum atomic E-state index is 12.6. The molecule has 4 rings (SSSR count). The molecule has 0 spiro atoms. The Morgan fingerprint density at radius 1 is 1.23 bits per heavy atom. The zero-order valence-corrected chi connectivity index (χ0v) is 11.5. The van der Waals surface area contributed by atoms with Gasteiger partial charge in [-0.2, -0.15) is 20.5 Å². The second-order valence-electron chi connectivity index (χ2n) is 5.15. The molecule has 0 bridgehead atoms. The van der Waals surface area contributed by atoms with Crippen LogP contribution < -0.4 is 5.43 Å². The zero-order valence-electron chi connectivity index (χ0n) is 11.5. The molecule has 3 heterocycles. The Labute approximate surface area is 124 Å². The number of rotatable bonds is 1. The largest absolute Gasteiger partial charge is 0.334 e. The van der Waals surface area contributed by atoms with E-state index < -0.39 is 0 Å². The van der Waals surface area contributed by atoms with E-state index in [-0.39, 0.29) is 11.8 Å². The molecule has 8 heteroatoms. The Morgan fingerprint density at radius 2 is 2.09 bits per heavy atom. The summed E-state index contributed by atoms with van der Waals surface area (Å²) in [6, 6.07) is 5.20. The number of aromatic nitrogens is 3. The lowest BCUT2D eigenvalue weighted by Gasteiger charge is -2.19. The van der Waals surface area contributed by atoms with Crippen LogP contribution in [-0.4, -0.2) is 50.9 Å². The lowest BCUT2D eigenvalue weighted by atomic mass is 10.1. The van der Waals surface area contributed by atoms with Gasteiger partial charge >= 0.3 is 0 Å². The highest BCUT2D eigenvalue weighted by Gasteiger charge is 2.27. The first-order chi connectivity index (χ1) is 10.7. The lowest BCUT2D eigenvalue weighted by molar-refractivity contribution is -0.116. The van der Waals surface area contributed by atoms with Crippen molar-refractivity contribution >= 4 is 28.6 Å². The van der Waals surface area contributed by atoms with Crippen molar-refractivity contribution in [2.75, 3.05) is 13.1 Å². The number of benzene rings is 1. The Morgan fingerprint density at radius 3 is 3.00 bits per heavy atom. The molecule has 22 heavy (non-hydrogen) atoms. The first kappa shape index (κ1) is 12.7. The molecule has 0 saturated heterocycles. The first-order valence-corrected chi connectivity index (χ1v) is 6.89. The van der Waals surface area contributed by atoms with Gasteiger partial charge in [0.1, 0.15) is 11.0 Å². The molecule has 0 saturated carbocycles. The van der Waals surface area contributed by atoms with Gasteiger partial charge in [-0.25, -0.2) is 5.43 Å². The van der Waals surface area contributed by atoms with Crippen molar-refractivity contribution in [3.63, 3.8) is 0 Å². The van der Waals surface area contributed by atoms with Gasteiger partial charge in [0.25, 0.3) is 11.8 Å². The third-order valence-corrected chi connectivity index (χ3v) is 3.83. The minimum Gasteiger partial charge on any atom is -0.334 e. The molecule has 2 aromatic rings. The lowest BCUT2D eigenvalue weighted by Crippen LogP contribution is -2.32. The zero-order chi connectivity index (χ0) is 15.1. The number of H-pyrrole nitrogens is 1. The van der Waals surface area contributed by atoms with Gasteiger partial charge in [-0.1, -0.05) is 6.08 Å². The molecule has 2 amide bonds. The first-order valence-electron chi connectivity index (χ1n) is 6.89. The van der Waals surface area contributed by atoms with Crippen molar-refractivity contribution in [3.05, 3.63) is 35.4 Å². The number of hydrogen-bond acceptors (Lipinski definition) is 5. The summed E-state index contributed by atoms with van der Waals surface area (Å²) in [7, 11) is 0. The SMILES string of the molecule is O=C1NN=C2CCN(C(=O)c3ccc4n[nH]nc4c3)CC=C12. The van der Waals surface area contributed by atoms with Crippen molar-refractivity contribution in [1.82, 2.24) is 25.7 Å². The summed E-state index contributed by atoms with van der Waals surface area (Å²) in [6.07, 6.45) is 2.31. The maximum Gasteiger partial charge on any atom is 0.273 e. The van der Waals surface area contributed by atoms with Crippen LogP contribution in [0, 0.1) is 0 Å². The average molecular weight is 296 g/mol. The predicted octanol–water partition coefficient (Wildman–Crippen LogP) is 0.216. The number of nitrogens with one attached hydrogen (secondary N) is 2. The molecular formula is C14H12N6O2. The number of amides is 2. The molecular weight excluding hydrogens is 284 g/mol. The fraction of sp³-hybridized carbons (Fsp3) is 0.214. The fourth-order valence-corrected chi connectivity index (χ4v) is 2.64. The molecule has 0 aliphatic carbocycles. The molecule has 2 N–H and O–H groups in total. The van der Waals surface area contributed by atoms with Gasteiger partial charge in [-0.15, -0.1) is 0 Å². The minimum atomic E-state index is -0.201. The van der Waals surface area contributed by atoms with E-state index in [4.69, 9.17) is 0 Å². The van der Waals surface area contributed by atoms with E-state index >= 15 is 0 Å². The highest BCUT2D eigenvalue weighted by molar-refractivity contribution is 6.25. The Kier molecular flexibility index (Phi) is 2.75. The van der Waals surface area contributed by atoms with Crippen molar-refractivity contribution < 1.29 is 9.59 Å². The summed E-state index contributed by atoms with van der Waals surface area (Å²) in [5.74, 6) is -0.295. The smallest absolute Gasteiger partial charge is 0.273 e. The van der Waals surface area contributed by atoms with Gasteiger partial charge in [-0.3, -0.25) is 9.59 Å². The van der Waals surface area contributed by atoms with E-state index in [0.29, 0.717) is 41.9 Å². The van der Waals surface area contributed by atoms with E-state index in [9.17, 15) is 9.59 Å². The summed E-state index contributed by atoms with van der Waals surface area (Å²) < 4.78 is 0. The topological polar surface area (TPSA) is 103 Å². The number of carbonyl (C=O) groups is 2. The second-order valence-corrected chi connectivity index (χ2v) is 5.15. The van der Waals surface area contributed by atoms with Gasteiger partial charge in [0.05, 0.1) is 11.3 Å². The summed E-state index contributed by atoms with van der Waals surface area (Å²) >= 11 is 0. The number of hydrazone groups is 1. The molecule has 0 radical (unpaired) electrons. The van der Waals surface area contributed by atoms with Crippen LogP contribution in [0.15, 0.2) is 34.9 Å². The molecule has 1 aromatic heterocycles. The van der Waals surface area contributed by atoms with Crippen molar-refractivity contribution in [3.8, 4) is 0 Å². The Hall–Kier alpha value is -3.03. The van der Waals surface area contributed by atoms with Crippen LogP contribution >= 0.6 is 0 Å². The van der Waals surface area contributed by atoms with Crippen LogP contribution in [0.4, 0.5) is 0 Å². The van der Waals surface area contributed by atoms with E-state index in [0.717, 1.165) is 5.52 Å². The van der Waals surface area contributed by atoms with Crippen LogP contribution in [0.5, 0.6) is 0 Å². The van der Waals surface area contributed by atoms with E-state index in [1.807, 2.05) is 0 Å². The monoisotopic (exact) mass is 296 g/mol. The quantitative estimate of drug-likeness (QED) is 0.785. The minimum absolute atomic E-state index is 0.0947. The summed E-state index contributed by atoms with van der Waals surface area (Å²) in [5, 5.41) is 14.5. The summed E-state index contributed by atoms with van der Waals surface area (Å²) in [6.45, 7) is 0.904. The van der Waals surface area contributed by atoms with Crippen LogP contribution in [-0.2, 0) is 4.79 Å². The second kappa shape index (κ2) is 4.76. The van der Waals surface area contributed by atoms with Crippen LogP contribution in [0.3, 0.4) is 0 Å². The van der Waals surface area contributed by atoms with Gasteiger partial charge in [-0.05, 0) is 18.2 Å². The number of aromatic amines is 1. The van der Waals surface area contributed by atoms with Crippen molar-refractivity contribution in [1.29, 1.82) is 0 Å². The predicted molar refractivity (Wildman–Crippen MR) is 78.1 cm³/mol. The molecule has 0 atom stereocenters. The van der Waals surface area contributed by atoms with Gasteiger partial charge in [0.15, 0.2) is 0 Å². The van der Waals surface area contributed by atoms with Crippen molar-refractivity contribution in [2.45, 2.75) is 6.42 Å². The van der Waals surface area contributed by atoms with Crippen LogP contribution in [0.25, 0.3) is 11.0 Å². The van der Waals surface area contributed by atoms with Crippen LogP contribution in [0.1, 0.15) is 16.8 Å². The highest BCUT2D eigenvalue weighted by atomic mass is 16.2. The van der Waals surface area contributed by atoms with Gasteiger partial charge in [0, 0.05) is 25.1 Å². The number of hydrogen-bond donors (Lipinski definition) is 2. The normalized spacial score (nSPS) is 17.6. The van der Waals surface area contributed by atoms with Crippen LogP contribution in [0.2, 0.25) is 0 Å². The van der Waals surface area contributed by atoms with Gasteiger partial charge < -0.3 is 4.90 Å². The maximum absolute atomic E-state index is 12.6. The molecule has 1 aromatic carbocycles. The Balaban J connectivity index is 1.60. The van der Waals surface area contributed by atoms with E-state index in [1.54, 1.807) is 29.2 Å². The molecule has 0 fully saturated rings. The molecule has 2 aliphatic heterocycles. The number of carbonyl (C=O) groups excluding carboxylic acids is 2. The van der Waals surface area contributed by atoms with Crippen molar-refractivity contribution in [2.24, 2.45) is 5.10 Å². The number of nitrogens with zero attached hydrogens (tertiary/aromatic N) is 4. The van der Waals surface area contributed by atoms with Gasteiger partial charge in [0.2, 0.25) is 0 Å². The third kappa shape index (κ3) is 1.96. The summed E-state index contributed by atoms with van der Waals surface area (Å²) in [5.41, 5.74) is 5.65. The molecule has 110 valence electrons. The molecule has 2 aliphatic rings. The van der Waals surface area contributed by atoms with E-state index in [1.165, 1.54) is 0 Å². The summed E-state index contributed by atoms with van der Waals surface area (Å²) in [4.78, 5) is 25.9. The fourth-order valence-electron chi connectivity index (χ4n) is 2.64. The molecule has 8 nitrogen and oxygen atoms in total. The molecule has 0 unspecified atom stereocenters.